The molecule has 108 valence electrons. The zero-order valence-corrected chi connectivity index (χ0v) is 11.3. The molecule has 0 N–H and O–H groups in total. The highest BCUT2D eigenvalue weighted by molar-refractivity contribution is 5.50. The molecule has 1 aliphatic rings. The van der Waals surface area contributed by atoms with Crippen molar-refractivity contribution >= 4 is 0 Å². The van der Waals surface area contributed by atoms with E-state index in [4.69, 9.17) is 5.26 Å². The van der Waals surface area contributed by atoms with Crippen LogP contribution < -0.4 is 0 Å². The Balaban J connectivity index is 2.24. The SMILES string of the molecule is Cc1nn(-c2ccc(C#N)cc2C(F)(F)F)c2c1CCC2. The van der Waals surface area contributed by atoms with Crippen LogP contribution in [0.25, 0.3) is 5.69 Å². The minimum Gasteiger partial charge on any atom is -0.237 e. The number of nitriles is 1. The first-order chi connectivity index (χ1) is 9.91. The fraction of sp³-hybridized carbons (Fsp3) is 0.333. The van der Waals surface area contributed by atoms with Crippen LogP contribution >= 0.6 is 0 Å². The van der Waals surface area contributed by atoms with Gasteiger partial charge in [0, 0.05) is 5.69 Å². The Bertz CT molecular complexity index is 751. The van der Waals surface area contributed by atoms with Crippen molar-refractivity contribution in [2.75, 3.05) is 0 Å². The monoisotopic (exact) mass is 291 g/mol. The number of nitrogens with zero attached hydrogens (tertiary/aromatic N) is 3. The molecule has 21 heavy (non-hydrogen) atoms. The summed E-state index contributed by atoms with van der Waals surface area (Å²) >= 11 is 0. The Morgan fingerprint density at radius 1 is 1.29 bits per heavy atom. The predicted octanol–water partition coefficient (Wildman–Crippen LogP) is 3.56. The number of hydrogen-bond acceptors (Lipinski definition) is 2. The van der Waals surface area contributed by atoms with Crippen molar-refractivity contribution in [2.24, 2.45) is 0 Å². The zero-order valence-electron chi connectivity index (χ0n) is 11.3. The highest BCUT2D eigenvalue weighted by Crippen LogP contribution is 2.36. The molecule has 0 atom stereocenters. The maximum Gasteiger partial charge on any atom is 0.418 e. The van der Waals surface area contributed by atoms with E-state index in [-0.39, 0.29) is 11.3 Å². The maximum absolute atomic E-state index is 13.3. The summed E-state index contributed by atoms with van der Waals surface area (Å²) < 4.78 is 41.2. The largest absolute Gasteiger partial charge is 0.418 e. The molecule has 1 aromatic carbocycles. The third kappa shape index (κ3) is 2.19. The molecular weight excluding hydrogens is 279 g/mol. The molecule has 1 aliphatic carbocycles. The molecule has 1 aromatic heterocycles. The van der Waals surface area contributed by atoms with Crippen LogP contribution in [0.1, 0.15) is 34.5 Å². The minimum atomic E-state index is -4.52. The van der Waals surface area contributed by atoms with Crippen LogP contribution in [0.5, 0.6) is 0 Å². The quantitative estimate of drug-likeness (QED) is 0.806. The number of aromatic nitrogens is 2. The number of alkyl halides is 3. The van der Waals surface area contributed by atoms with Gasteiger partial charge in [-0.15, -0.1) is 0 Å². The highest BCUT2D eigenvalue weighted by Gasteiger charge is 2.35. The second kappa shape index (κ2) is 4.62. The number of hydrogen-bond donors (Lipinski definition) is 0. The Morgan fingerprint density at radius 2 is 2.05 bits per heavy atom. The van der Waals surface area contributed by atoms with Gasteiger partial charge in [0.25, 0.3) is 0 Å². The van der Waals surface area contributed by atoms with Crippen molar-refractivity contribution < 1.29 is 13.2 Å². The number of halogens is 3. The first kappa shape index (κ1) is 13.7. The third-order valence-electron chi connectivity index (χ3n) is 3.79. The lowest BCUT2D eigenvalue weighted by atomic mass is 10.1. The maximum atomic E-state index is 13.3. The molecular formula is C15H12F3N3. The lowest BCUT2D eigenvalue weighted by Gasteiger charge is -2.14. The van der Waals surface area contributed by atoms with Crippen molar-refractivity contribution in [3.63, 3.8) is 0 Å². The van der Waals surface area contributed by atoms with Gasteiger partial charge in [-0.05, 0) is 49.9 Å². The summed E-state index contributed by atoms with van der Waals surface area (Å²) in [6, 6.07) is 5.35. The van der Waals surface area contributed by atoms with E-state index in [0.29, 0.717) is 0 Å². The molecule has 0 aliphatic heterocycles. The molecule has 0 radical (unpaired) electrons. The fourth-order valence-electron chi connectivity index (χ4n) is 2.84. The van der Waals surface area contributed by atoms with Gasteiger partial charge in [0.1, 0.15) is 0 Å². The number of benzene rings is 1. The van der Waals surface area contributed by atoms with E-state index in [0.717, 1.165) is 42.3 Å². The molecule has 0 saturated carbocycles. The molecule has 0 saturated heterocycles. The van der Waals surface area contributed by atoms with Crippen LogP contribution in [0, 0.1) is 18.3 Å². The Hall–Kier alpha value is -2.29. The molecule has 0 bridgehead atoms. The van der Waals surface area contributed by atoms with E-state index >= 15 is 0 Å². The topological polar surface area (TPSA) is 41.6 Å². The van der Waals surface area contributed by atoms with Gasteiger partial charge in [-0.3, -0.25) is 0 Å². The Labute approximate surface area is 119 Å². The molecule has 3 nitrogen and oxygen atoms in total. The summed E-state index contributed by atoms with van der Waals surface area (Å²) in [7, 11) is 0. The summed E-state index contributed by atoms with van der Waals surface area (Å²) in [5.74, 6) is 0. The van der Waals surface area contributed by atoms with Crippen molar-refractivity contribution in [2.45, 2.75) is 32.4 Å². The smallest absolute Gasteiger partial charge is 0.237 e. The van der Waals surface area contributed by atoms with Crippen LogP contribution in [-0.2, 0) is 19.0 Å². The van der Waals surface area contributed by atoms with Gasteiger partial charge in [-0.1, -0.05) is 0 Å². The van der Waals surface area contributed by atoms with Gasteiger partial charge in [0.15, 0.2) is 0 Å². The number of aryl methyl sites for hydroxylation is 1. The van der Waals surface area contributed by atoms with Crippen LogP contribution in [0.3, 0.4) is 0 Å². The standard InChI is InChI=1S/C15H12F3N3/c1-9-11-3-2-4-13(11)21(20-9)14-6-5-10(8-19)7-12(14)15(16,17)18/h5-7H,2-4H2,1H3. The van der Waals surface area contributed by atoms with Crippen LogP contribution in [0.4, 0.5) is 13.2 Å². The molecule has 1 heterocycles. The molecule has 6 heteroatoms. The van der Waals surface area contributed by atoms with E-state index in [1.807, 2.05) is 6.92 Å². The van der Waals surface area contributed by atoms with Crippen LogP contribution in [-0.4, -0.2) is 9.78 Å². The van der Waals surface area contributed by atoms with Gasteiger partial charge in [-0.2, -0.15) is 23.5 Å². The van der Waals surface area contributed by atoms with Crippen LogP contribution in [0.2, 0.25) is 0 Å². The number of rotatable bonds is 1. The van der Waals surface area contributed by atoms with E-state index < -0.39 is 11.7 Å². The Morgan fingerprint density at radius 3 is 2.71 bits per heavy atom. The second-order valence-electron chi connectivity index (χ2n) is 5.12. The van der Waals surface area contributed by atoms with E-state index in [1.165, 1.54) is 16.8 Å². The predicted molar refractivity (Wildman–Crippen MR) is 70.0 cm³/mol. The van der Waals surface area contributed by atoms with E-state index in [1.54, 1.807) is 6.07 Å². The lowest BCUT2D eigenvalue weighted by molar-refractivity contribution is -0.137. The van der Waals surface area contributed by atoms with E-state index in [2.05, 4.69) is 5.10 Å². The van der Waals surface area contributed by atoms with Crippen molar-refractivity contribution in [3.8, 4) is 11.8 Å². The van der Waals surface area contributed by atoms with Crippen molar-refractivity contribution in [3.05, 3.63) is 46.3 Å². The fourth-order valence-corrected chi connectivity index (χ4v) is 2.84. The summed E-state index contributed by atoms with van der Waals surface area (Å²) in [6.07, 6.45) is -1.99. The van der Waals surface area contributed by atoms with Crippen molar-refractivity contribution in [1.82, 2.24) is 9.78 Å². The highest BCUT2D eigenvalue weighted by atomic mass is 19.4. The molecule has 0 amide bonds. The molecule has 0 fully saturated rings. The molecule has 0 unspecified atom stereocenters. The van der Waals surface area contributed by atoms with Gasteiger partial charge < -0.3 is 0 Å². The second-order valence-corrected chi connectivity index (χ2v) is 5.12. The summed E-state index contributed by atoms with van der Waals surface area (Å²) in [4.78, 5) is 0. The molecule has 2 aromatic rings. The van der Waals surface area contributed by atoms with Gasteiger partial charge in [-0.25, -0.2) is 4.68 Å². The van der Waals surface area contributed by atoms with Gasteiger partial charge in [0.2, 0.25) is 0 Å². The average molecular weight is 291 g/mol. The Kier molecular flexibility index (Phi) is 3.01. The van der Waals surface area contributed by atoms with Gasteiger partial charge in [0.05, 0.1) is 28.6 Å². The summed E-state index contributed by atoms with van der Waals surface area (Å²) in [5, 5.41) is 13.1. The lowest BCUT2D eigenvalue weighted by Crippen LogP contribution is -2.13. The first-order valence-corrected chi connectivity index (χ1v) is 6.61. The average Bonchev–Trinajstić information content (AvgIpc) is 3.02. The minimum absolute atomic E-state index is 0.00671. The summed E-state index contributed by atoms with van der Waals surface area (Å²) in [6.45, 7) is 1.82. The normalized spacial score (nSPS) is 14.0. The van der Waals surface area contributed by atoms with Gasteiger partial charge >= 0.3 is 6.18 Å². The van der Waals surface area contributed by atoms with E-state index in [9.17, 15) is 13.2 Å². The van der Waals surface area contributed by atoms with Crippen LogP contribution in [0.15, 0.2) is 18.2 Å². The molecule has 3 rings (SSSR count). The van der Waals surface area contributed by atoms with Crippen molar-refractivity contribution in [1.29, 1.82) is 5.26 Å². The first-order valence-electron chi connectivity index (χ1n) is 6.61. The number of fused-ring (bicyclic) bond motifs is 1. The summed E-state index contributed by atoms with van der Waals surface area (Å²) in [5.41, 5.74) is 1.84. The third-order valence-corrected chi connectivity index (χ3v) is 3.79. The zero-order chi connectivity index (χ0) is 15.2. The molecule has 0 spiro atoms.